The molecule has 0 fully saturated rings. The molecule has 2 rings (SSSR count). The molecule has 0 heterocycles. The van der Waals surface area contributed by atoms with E-state index in [1.165, 1.54) is 22.3 Å². The van der Waals surface area contributed by atoms with Crippen molar-refractivity contribution in [2.45, 2.75) is 51.3 Å². The molecule has 0 atom stereocenters. The van der Waals surface area contributed by atoms with Crippen molar-refractivity contribution in [3.63, 3.8) is 0 Å². The Balaban J connectivity index is 2.74. The summed E-state index contributed by atoms with van der Waals surface area (Å²) in [5, 5.41) is 0. The van der Waals surface area contributed by atoms with E-state index in [0.717, 1.165) is 22.3 Å². The van der Waals surface area contributed by atoms with Gasteiger partial charge in [-0.1, -0.05) is 59.1 Å². The Morgan fingerprint density at radius 2 is 0.870 bits per heavy atom. The molecule has 0 amide bonds. The van der Waals surface area contributed by atoms with Crippen LogP contribution in [0.5, 0.6) is 0 Å². The zero-order valence-electron chi connectivity index (χ0n) is 14.5. The molecule has 0 aliphatic rings. The molecule has 0 N–H and O–H groups in total. The summed E-state index contributed by atoms with van der Waals surface area (Å²) >= 11 is 19.3. The molecule has 0 aromatic heterocycles. The van der Waals surface area contributed by atoms with Crippen LogP contribution in [0.3, 0.4) is 0 Å². The van der Waals surface area contributed by atoms with E-state index in [4.69, 9.17) is 34.8 Å². The number of aryl methyl sites for hydroxylation is 6. The van der Waals surface area contributed by atoms with Crippen LogP contribution in [0.25, 0.3) is 0 Å². The summed E-state index contributed by atoms with van der Waals surface area (Å²) in [6, 6.07) is 8.66. The minimum Gasteiger partial charge on any atom is -0.0826 e. The fourth-order valence-corrected chi connectivity index (χ4v) is 3.81. The molecule has 0 aliphatic carbocycles. The molecule has 2 aromatic rings. The molecule has 0 saturated carbocycles. The predicted octanol–water partition coefficient (Wildman–Crippen LogP) is 7.04. The van der Waals surface area contributed by atoms with Gasteiger partial charge in [0.05, 0.1) is 5.92 Å². The summed E-state index contributed by atoms with van der Waals surface area (Å²) < 4.78 is -1.40. The highest BCUT2D eigenvalue weighted by Gasteiger charge is 2.37. The van der Waals surface area contributed by atoms with Crippen LogP contribution in [0, 0.1) is 41.5 Å². The molecule has 0 bridgehead atoms. The average Bonchev–Trinajstić information content (AvgIpc) is 2.40. The van der Waals surface area contributed by atoms with Crippen molar-refractivity contribution in [3.05, 3.63) is 68.8 Å². The first-order valence-electron chi connectivity index (χ1n) is 7.74. The van der Waals surface area contributed by atoms with Gasteiger partial charge in [0.2, 0.25) is 3.79 Å². The summed E-state index contributed by atoms with van der Waals surface area (Å²) in [4.78, 5) is 0. The van der Waals surface area contributed by atoms with Gasteiger partial charge in [0.15, 0.2) is 0 Å². The molecule has 0 saturated heterocycles. The lowest BCUT2D eigenvalue weighted by Gasteiger charge is -2.29. The maximum atomic E-state index is 6.43. The van der Waals surface area contributed by atoms with Crippen LogP contribution in [0.4, 0.5) is 0 Å². The van der Waals surface area contributed by atoms with E-state index >= 15 is 0 Å². The third-order valence-corrected chi connectivity index (χ3v) is 5.37. The maximum Gasteiger partial charge on any atom is 0.201 e. The lowest BCUT2D eigenvalue weighted by atomic mass is 9.84. The van der Waals surface area contributed by atoms with Crippen LogP contribution in [-0.2, 0) is 0 Å². The fraction of sp³-hybridized carbons (Fsp3) is 0.400. The van der Waals surface area contributed by atoms with Crippen LogP contribution in [-0.4, -0.2) is 3.79 Å². The number of benzene rings is 2. The number of hydrogen-bond donors (Lipinski definition) is 0. The SMILES string of the molecule is Cc1cc(C)c(C(c2cc(C)c(C)cc2C)C(Cl)(Cl)Cl)cc1C. The Bertz CT molecular complexity index is 682. The standard InChI is InChI=1S/C20H23Cl3/c1-11-7-15(5)17(9-13(11)3)19(20(21,22)23)18-10-14(4)12(2)8-16(18)6/h7-10,19H,1-6H3. The molecule has 124 valence electrons. The third kappa shape index (κ3) is 3.87. The molecule has 0 radical (unpaired) electrons. The Morgan fingerprint density at radius 3 is 1.17 bits per heavy atom. The Hall–Kier alpha value is -0.690. The number of hydrogen-bond acceptors (Lipinski definition) is 0. The van der Waals surface area contributed by atoms with Gasteiger partial charge in [-0.15, -0.1) is 0 Å². The van der Waals surface area contributed by atoms with E-state index in [-0.39, 0.29) is 5.92 Å². The number of alkyl halides is 3. The van der Waals surface area contributed by atoms with Gasteiger partial charge in [-0.3, -0.25) is 0 Å². The van der Waals surface area contributed by atoms with Gasteiger partial charge in [-0.25, -0.2) is 0 Å². The second-order valence-electron chi connectivity index (χ2n) is 6.56. The second kappa shape index (κ2) is 6.67. The largest absolute Gasteiger partial charge is 0.201 e. The van der Waals surface area contributed by atoms with E-state index in [0.29, 0.717) is 0 Å². The van der Waals surface area contributed by atoms with Crippen LogP contribution in [0.15, 0.2) is 24.3 Å². The van der Waals surface area contributed by atoms with Gasteiger partial charge < -0.3 is 0 Å². The molecule has 2 aromatic carbocycles. The molecule has 0 spiro atoms. The first kappa shape index (κ1) is 18.6. The summed E-state index contributed by atoms with van der Waals surface area (Å²) in [7, 11) is 0. The maximum absolute atomic E-state index is 6.43. The Kier molecular flexibility index (Phi) is 5.41. The smallest absolute Gasteiger partial charge is 0.0826 e. The van der Waals surface area contributed by atoms with E-state index < -0.39 is 3.79 Å². The van der Waals surface area contributed by atoms with E-state index in [2.05, 4.69) is 65.8 Å². The zero-order valence-corrected chi connectivity index (χ0v) is 16.8. The average molecular weight is 370 g/mol. The first-order chi connectivity index (χ1) is 10.5. The molecule has 0 unspecified atom stereocenters. The van der Waals surface area contributed by atoms with Crippen molar-refractivity contribution in [2.24, 2.45) is 0 Å². The molecular formula is C20H23Cl3. The summed E-state index contributed by atoms with van der Waals surface area (Å²) in [5.74, 6) is -0.286. The zero-order chi connectivity index (χ0) is 17.5. The van der Waals surface area contributed by atoms with Crippen LogP contribution >= 0.6 is 34.8 Å². The molecule has 23 heavy (non-hydrogen) atoms. The van der Waals surface area contributed by atoms with E-state index in [1.807, 2.05) is 0 Å². The lowest BCUT2D eigenvalue weighted by molar-refractivity contribution is 0.818. The number of halogens is 3. The molecule has 3 heteroatoms. The Morgan fingerprint density at radius 1 is 0.565 bits per heavy atom. The summed E-state index contributed by atoms with van der Waals surface area (Å²) in [6.07, 6.45) is 0. The monoisotopic (exact) mass is 368 g/mol. The van der Waals surface area contributed by atoms with Gasteiger partial charge in [0, 0.05) is 0 Å². The van der Waals surface area contributed by atoms with Gasteiger partial charge >= 0.3 is 0 Å². The quantitative estimate of drug-likeness (QED) is 0.498. The fourth-order valence-electron chi connectivity index (χ4n) is 3.11. The minimum atomic E-state index is -1.40. The lowest BCUT2D eigenvalue weighted by Crippen LogP contribution is -2.21. The van der Waals surface area contributed by atoms with Crippen LogP contribution < -0.4 is 0 Å². The first-order valence-corrected chi connectivity index (χ1v) is 8.88. The van der Waals surface area contributed by atoms with E-state index in [9.17, 15) is 0 Å². The van der Waals surface area contributed by atoms with Crippen LogP contribution in [0.1, 0.15) is 50.4 Å². The van der Waals surface area contributed by atoms with Crippen molar-refractivity contribution < 1.29 is 0 Å². The topological polar surface area (TPSA) is 0 Å². The highest BCUT2D eigenvalue weighted by molar-refractivity contribution is 6.68. The van der Waals surface area contributed by atoms with Crippen molar-refractivity contribution in [2.75, 3.05) is 0 Å². The Labute approximate surface area is 154 Å². The predicted molar refractivity (Wildman–Crippen MR) is 103 cm³/mol. The normalized spacial score (nSPS) is 12.1. The molecule has 0 nitrogen and oxygen atoms in total. The highest BCUT2D eigenvalue weighted by Crippen LogP contribution is 2.48. The molecule has 0 aliphatic heterocycles. The van der Waals surface area contributed by atoms with Gasteiger partial charge in [0.25, 0.3) is 0 Å². The van der Waals surface area contributed by atoms with Gasteiger partial charge in [0.1, 0.15) is 0 Å². The van der Waals surface area contributed by atoms with Crippen molar-refractivity contribution in [3.8, 4) is 0 Å². The minimum absolute atomic E-state index is 0.286. The van der Waals surface area contributed by atoms with Gasteiger partial charge in [-0.05, 0) is 86.1 Å². The van der Waals surface area contributed by atoms with Crippen molar-refractivity contribution >= 4 is 34.8 Å². The van der Waals surface area contributed by atoms with Crippen molar-refractivity contribution in [1.82, 2.24) is 0 Å². The summed E-state index contributed by atoms with van der Waals surface area (Å²) in [6.45, 7) is 12.6. The van der Waals surface area contributed by atoms with E-state index in [1.54, 1.807) is 0 Å². The molecular weight excluding hydrogens is 347 g/mol. The number of rotatable bonds is 2. The van der Waals surface area contributed by atoms with Crippen molar-refractivity contribution in [1.29, 1.82) is 0 Å². The summed E-state index contributed by atoms with van der Waals surface area (Å²) in [5.41, 5.74) is 9.41. The second-order valence-corrected chi connectivity index (χ2v) is 8.93. The van der Waals surface area contributed by atoms with Gasteiger partial charge in [-0.2, -0.15) is 0 Å². The van der Waals surface area contributed by atoms with Crippen LogP contribution in [0.2, 0.25) is 0 Å². The third-order valence-electron chi connectivity index (χ3n) is 4.71. The highest BCUT2D eigenvalue weighted by atomic mass is 35.6.